The lowest BCUT2D eigenvalue weighted by Crippen LogP contribution is -1.55. The quantitative estimate of drug-likeness (QED) is 0.586. The van der Waals surface area contributed by atoms with E-state index in [9.17, 15) is 0 Å². The van der Waals surface area contributed by atoms with Gasteiger partial charge >= 0.3 is 0 Å². The first-order valence-corrected chi connectivity index (χ1v) is 4.40. The van der Waals surface area contributed by atoms with Crippen molar-refractivity contribution in [2.75, 3.05) is 5.88 Å². The smallest absolute Gasteiger partial charge is 0.0195 e. The van der Waals surface area contributed by atoms with E-state index in [1.807, 2.05) is 37.3 Å². The highest BCUT2D eigenvalue weighted by Crippen LogP contribution is 2.05. The first-order valence-electron chi connectivity index (χ1n) is 3.07. The molecule has 0 aliphatic carbocycles. The molecule has 56 valence electrons. The third kappa shape index (κ3) is 6.12. The van der Waals surface area contributed by atoms with Gasteiger partial charge in [0.05, 0.1) is 0 Å². The Morgan fingerprint density at radius 1 is 1.30 bits per heavy atom. The molecular weight excluding hydrogens is 211 g/mol. The van der Waals surface area contributed by atoms with Crippen molar-refractivity contribution in [1.29, 1.82) is 0 Å². The molecule has 0 saturated heterocycles. The normalized spacial score (nSPS) is 7.90. The Morgan fingerprint density at radius 3 is 1.90 bits per heavy atom. The molecule has 0 nitrogen and oxygen atoms in total. The number of hydrogen-bond acceptors (Lipinski definition) is 0. The minimum absolute atomic E-state index is 0.722. The van der Waals surface area contributed by atoms with Crippen LogP contribution in [0.3, 0.4) is 0 Å². The summed E-state index contributed by atoms with van der Waals surface area (Å²) in [6.07, 6.45) is 0. The molecule has 0 unspecified atom stereocenters. The van der Waals surface area contributed by atoms with Gasteiger partial charge in [-0.25, -0.2) is 0 Å². The second kappa shape index (κ2) is 7.10. The Kier molecular flexibility index (Phi) is 7.09. The Balaban J connectivity index is 0.000000236. The standard InChI is InChI=1S/C6H5Br.C2H5Cl/c7-6-4-2-1-3-5-6;1-2-3/h1-5H;2H2,1H3. The van der Waals surface area contributed by atoms with Crippen LogP contribution in [0.4, 0.5) is 0 Å². The van der Waals surface area contributed by atoms with Gasteiger partial charge in [0.1, 0.15) is 0 Å². The fourth-order valence-corrected chi connectivity index (χ4v) is 0.720. The van der Waals surface area contributed by atoms with Crippen molar-refractivity contribution in [3.05, 3.63) is 34.8 Å². The lowest BCUT2D eigenvalue weighted by molar-refractivity contribution is 1.51. The summed E-state index contributed by atoms with van der Waals surface area (Å²) in [6.45, 7) is 1.89. The molecule has 0 radical (unpaired) electrons. The maximum Gasteiger partial charge on any atom is 0.0195 e. The predicted molar refractivity (Wildman–Crippen MR) is 50.5 cm³/mol. The summed E-state index contributed by atoms with van der Waals surface area (Å²) in [6, 6.07) is 9.97. The molecule has 0 bridgehead atoms. The Morgan fingerprint density at radius 2 is 1.70 bits per heavy atom. The number of alkyl halides is 1. The SMILES string of the molecule is Brc1ccccc1.CCCl. The van der Waals surface area contributed by atoms with E-state index in [2.05, 4.69) is 15.9 Å². The second-order valence-corrected chi connectivity index (χ2v) is 3.01. The third-order valence-corrected chi connectivity index (χ3v) is 1.26. The maximum absolute atomic E-state index is 5.00. The highest BCUT2D eigenvalue weighted by molar-refractivity contribution is 9.10. The maximum atomic E-state index is 5.00. The van der Waals surface area contributed by atoms with Gasteiger partial charge in [-0.05, 0) is 12.1 Å². The number of halogens is 2. The van der Waals surface area contributed by atoms with E-state index >= 15 is 0 Å². The molecule has 0 heterocycles. The Labute approximate surface area is 75.3 Å². The van der Waals surface area contributed by atoms with Crippen LogP contribution in [0.1, 0.15) is 6.92 Å². The fraction of sp³-hybridized carbons (Fsp3) is 0.250. The van der Waals surface area contributed by atoms with E-state index < -0.39 is 0 Å². The number of benzene rings is 1. The van der Waals surface area contributed by atoms with E-state index in [-0.39, 0.29) is 0 Å². The van der Waals surface area contributed by atoms with Gasteiger partial charge in [0.15, 0.2) is 0 Å². The fourth-order valence-electron chi connectivity index (χ4n) is 0.415. The van der Waals surface area contributed by atoms with Gasteiger partial charge in [0.2, 0.25) is 0 Å². The van der Waals surface area contributed by atoms with E-state index in [0.717, 1.165) is 10.4 Å². The van der Waals surface area contributed by atoms with Gasteiger partial charge in [-0.15, -0.1) is 11.6 Å². The van der Waals surface area contributed by atoms with Gasteiger partial charge in [-0.3, -0.25) is 0 Å². The molecule has 0 saturated carbocycles. The summed E-state index contributed by atoms with van der Waals surface area (Å²) in [5.41, 5.74) is 0. The van der Waals surface area contributed by atoms with Crippen LogP contribution in [-0.2, 0) is 0 Å². The molecule has 0 atom stereocenters. The lowest BCUT2D eigenvalue weighted by atomic mass is 10.4. The zero-order chi connectivity index (χ0) is 7.82. The highest BCUT2D eigenvalue weighted by Gasteiger charge is 1.74. The van der Waals surface area contributed by atoms with E-state index in [0.29, 0.717) is 0 Å². The van der Waals surface area contributed by atoms with E-state index in [1.54, 1.807) is 0 Å². The molecule has 1 rings (SSSR count). The minimum atomic E-state index is 0.722. The van der Waals surface area contributed by atoms with Crippen LogP contribution in [0.25, 0.3) is 0 Å². The molecule has 0 fully saturated rings. The van der Waals surface area contributed by atoms with Crippen LogP contribution in [-0.4, -0.2) is 5.88 Å². The average Bonchev–Trinajstić information content (AvgIpc) is 1.91. The molecule has 0 amide bonds. The molecule has 1 aromatic rings. The summed E-state index contributed by atoms with van der Waals surface area (Å²) in [5.74, 6) is 0.722. The topological polar surface area (TPSA) is 0 Å². The molecule has 0 aliphatic heterocycles. The van der Waals surface area contributed by atoms with Crippen molar-refractivity contribution in [1.82, 2.24) is 0 Å². The monoisotopic (exact) mass is 220 g/mol. The molecule has 0 aliphatic rings. The van der Waals surface area contributed by atoms with Crippen molar-refractivity contribution in [3.8, 4) is 0 Å². The summed E-state index contributed by atoms with van der Waals surface area (Å²) in [4.78, 5) is 0. The van der Waals surface area contributed by atoms with Gasteiger partial charge in [-0.2, -0.15) is 0 Å². The molecule has 2 heteroatoms. The summed E-state index contributed by atoms with van der Waals surface area (Å²) in [5, 5.41) is 0. The highest BCUT2D eigenvalue weighted by atomic mass is 79.9. The predicted octanol–water partition coefficient (Wildman–Crippen LogP) is 3.69. The minimum Gasteiger partial charge on any atom is -0.127 e. The average molecular weight is 222 g/mol. The van der Waals surface area contributed by atoms with E-state index in [4.69, 9.17) is 11.6 Å². The summed E-state index contributed by atoms with van der Waals surface area (Å²) in [7, 11) is 0. The lowest BCUT2D eigenvalue weighted by Gasteiger charge is -1.80. The van der Waals surface area contributed by atoms with E-state index in [1.165, 1.54) is 0 Å². The Bertz CT molecular complexity index is 151. The van der Waals surface area contributed by atoms with Crippen molar-refractivity contribution >= 4 is 27.5 Å². The summed E-state index contributed by atoms with van der Waals surface area (Å²) >= 11 is 8.31. The zero-order valence-electron chi connectivity index (χ0n) is 5.85. The van der Waals surface area contributed by atoms with Crippen LogP contribution in [0.5, 0.6) is 0 Å². The van der Waals surface area contributed by atoms with Gasteiger partial charge in [-0.1, -0.05) is 41.1 Å². The van der Waals surface area contributed by atoms with Crippen molar-refractivity contribution in [3.63, 3.8) is 0 Å². The van der Waals surface area contributed by atoms with Crippen LogP contribution in [0, 0.1) is 0 Å². The largest absolute Gasteiger partial charge is 0.127 e. The van der Waals surface area contributed by atoms with Crippen LogP contribution in [0.2, 0.25) is 0 Å². The first kappa shape index (κ1) is 9.99. The molecule has 0 spiro atoms. The molecule has 0 N–H and O–H groups in total. The first-order chi connectivity index (χ1) is 4.81. The van der Waals surface area contributed by atoms with Crippen LogP contribution in [0.15, 0.2) is 34.8 Å². The van der Waals surface area contributed by atoms with Crippen molar-refractivity contribution in [2.45, 2.75) is 6.92 Å². The molecule has 0 aromatic heterocycles. The third-order valence-electron chi connectivity index (χ3n) is 0.733. The number of rotatable bonds is 0. The van der Waals surface area contributed by atoms with Gasteiger partial charge in [0, 0.05) is 10.4 Å². The van der Waals surface area contributed by atoms with Crippen molar-refractivity contribution < 1.29 is 0 Å². The Hall–Kier alpha value is -0.0100. The molecule has 1 aromatic carbocycles. The second-order valence-electron chi connectivity index (χ2n) is 1.56. The van der Waals surface area contributed by atoms with Gasteiger partial charge in [0.25, 0.3) is 0 Å². The van der Waals surface area contributed by atoms with Crippen LogP contribution < -0.4 is 0 Å². The number of hydrogen-bond donors (Lipinski definition) is 0. The zero-order valence-corrected chi connectivity index (χ0v) is 8.19. The van der Waals surface area contributed by atoms with Crippen LogP contribution >= 0.6 is 27.5 Å². The molecule has 10 heavy (non-hydrogen) atoms. The summed E-state index contributed by atoms with van der Waals surface area (Å²) < 4.78 is 1.13. The van der Waals surface area contributed by atoms with Crippen molar-refractivity contribution in [2.24, 2.45) is 0 Å². The van der Waals surface area contributed by atoms with Gasteiger partial charge < -0.3 is 0 Å². The molecular formula is C8H10BrCl.